The number of carbonyl (C=O) groups is 1. The Hall–Kier alpha value is -2.24. The van der Waals surface area contributed by atoms with Gasteiger partial charge in [-0.25, -0.2) is 4.79 Å². The zero-order valence-electron chi connectivity index (χ0n) is 14.7. The highest BCUT2D eigenvalue weighted by Gasteiger charge is 2.13. The van der Waals surface area contributed by atoms with Crippen LogP contribution in [0.25, 0.3) is 0 Å². The molecule has 0 aliphatic carbocycles. The van der Waals surface area contributed by atoms with Crippen molar-refractivity contribution in [1.82, 2.24) is 10.6 Å². The predicted molar refractivity (Wildman–Crippen MR) is 105 cm³/mol. The van der Waals surface area contributed by atoms with E-state index in [-0.39, 0.29) is 6.61 Å². The van der Waals surface area contributed by atoms with Crippen molar-refractivity contribution in [3.05, 3.63) is 64.7 Å². The molecule has 0 aromatic heterocycles. The Labute approximate surface area is 159 Å². The Morgan fingerprint density at radius 1 is 1.12 bits per heavy atom. The van der Waals surface area contributed by atoms with E-state index in [2.05, 4.69) is 27.7 Å². The van der Waals surface area contributed by atoms with Gasteiger partial charge in [-0.3, -0.25) is 0 Å². The normalized spacial score (nSPS) is 14.1. The van der Waals surface area contributed by atoms with Crippen molar-refractivity contribution < 1.29 is 9.53 Å². The fourth-order valence-corrected chi connectivity index (χ4v) is 3.27. The molecule has 2 aromatic rings. The summed E-state index contributed by atoms with van der Waals surface area (Å²) in [6, 6.07) is 15.7. The van der Waals surface area contributed by atoms with Gasteiger partial charge in [-0.05, 0) is 29.7 Å². The average Bonchev–Trinajstić information content (AvgIpc) is 2.68. The number of benzene rings is 2. The molecule has 0 radical (unpaired) electrons. The van der Waals surface area contributed by atoms with Crippen LogP contribution in [0.1, 0.15) is 11.1 Å². The molecular weight excluding hydrogens is 350 g/mol. The second-order valence-electron chi connectivity index (χ2n) is 6.26. The molecule has 2 N–H and O–H groups in total. The topological polar surface area (TPSA) is 53.6 Å². The lowest BCUT2D eigenvalue weighted by Gasteiger charge is -2.30. The lowest BCUT2D eigenvalue weighted by atomic mass is 10.1. The first-order chi connectivity index (χ1) is 12.7. The fourth-order valence-electron chi connectivity index (χ4n) is 2.95. The molecule has 0 saturated carbocycles. The first-order valence-electron chi connectivity index (χ1n) is 8.91. The van der Waals surface area contributed by atoms with Gasteiger partial charge < -0.3 is 20.3 Å². The predicted octanol–water partition coefficient (Wildman–Crippen LogP) is 3.22. The van der Waals surface area contributed by atoms with Gasteiger partial charge in [-0.15, -0.1) is 0 Å². The lowest BCUT2D eigenvalue weighted by Crippen LogP contribution is -2.43. The van der Waals surface area contributed by atoms with Gasteiger partial charge in [0.1, 0.15) is 6.61 Å². The molecule has 1 heterocycles. The Morgan fingerprint density at radius 2 is 1.88 bits per heavy atom. The van der Waals surface area contributed by atoms with E-state index >= 15 is 0 Å². The Kier molecular flexibility index (Phi) is 6.75. The zero-order valence-corrected chi connectivity index (χ0v) is 15.5. The highest BCUT2D eigenvalue weighted by atomic mass is 35.5. The number of alkyl carbamates (subject to hydrolysis) is 1. The number of halogens is 1. The van der Waals surface area contributed by atoms with E-state index in [0.29, 0.717) is 13.0 Å². The van der Waals surface area contributed by atoms with Crippen LogP contribution in [0.4, 0.5) is 10.5 Å². The SMILES string of the molecule is O=C(NCCc1ccc(N2CCNCC2)c(Cl)c1)OCc1ccccc1. The van der Waals surface area contributed by atoms with Crippen LogP contribution in [0.5, 0.6) is 0 Å². The molecule has 0 spiro atoms. The van der Waals surface area contributed by atoms with Gasteiger partial charge in [0.05, 0.1) is 10.7 Å². The summed E-state index contributed by atoms with van der Waals surface area (Å²) >= 11 is 6.45. The van der Waals surface area contributed by atoms with Gasteiger partial charge >= 0.3 is 6.09 Å². The molecule has 26 heavy (non-hydrogen) atoms. The molecule has 1 saturated heterocycles. The second-order valence-corrected chi connectivity index (χ2v) is 6.67. The number of piperazine rings is 1. The summed E-state index contributed by atoms with van der Waals surface area (Å²) in [4.78, 5) is 14.1. The minimum absolute atomic E-state index is 0.276. The molecule has 5 nitrogen and oxygen atoms in total. The van der Waals surface area contributed by atoms with Gasteiger partial charge in [0.2, 0.25) is 0 Å². The average molecular weight is 374 g/mol. The first-order valence-corrected chi connectivity index (χ1v) is 9.29. The number of rotatable bonds is 6. The summed E-state index contributed by atoms with van der Waals surface area (Å²) in [6.07, 6.45) is 0.305. The van der Waals surface area contributed by atoms with E-state index < -0.39 is 6.09 Å². The number of anilines is 1. The summed E-state index contributed by atoms with van der Waals surface area (Å²) in [6.45, 7) is 4.68. The van der Waals surface area contributed by atoms with Crippen LogP contribution in [0.3, 0.4) is 0 Å². The maximum absolute atomic E-state index is 11.8. The summed E-state index contributed by atoms with van der Waals surface area (Å²) in [5.41, 5.74) is 3.14. The highest BCUT2D eigenvalue weighted by Crippen LogP contribution is 2.27. The van der Waals surface area contributed by atoms with E-state index in [0.717, 1.165) is 48.0 Å². The van der Waals surface area contributed by atoms with Crippen molar-refractivity contribution in [2.24, 2.45) is 0 Å². The summed E-state index contributed by atoms with van der Waals surface area (Å²) in [5, 5.41) is 6.87. The molecule has 3 rings (SSSR count). The molecule has 138 valence electrons. The van der Waals surface area contributed by atoms with Crippen LogP contribution >= 0.6 is 11.6 Å². The highest BCUT2D eigenvalue weighted by molar-refractivity contribution is 6.33. The van der Waals surface area contributed by atoms with Crippen LogP contribution in [0.2, 0.25) is 5.02 Å². The maximum Gasteiger partial charge on any atom is 0.407 e. The van der Waals surface area contributed by atoms with Crippen LogP contribution < -0.4 is 15.5 Å². The van der Waals surface area contributed by atoms with Crippen LogP contribution in [0, 0.1) is 0 Å². The van der Waals surface area contributed by atoms with Crippen molar-refractivity contribution in [2.45, 2.75) is 13.0 Å². The van der Waals surface area contributed by atoms with E-state index in [9.17, 15) is 4.79 Å². The molecule has 1 amide bonds. The standard InChI is InChI=1S/C20H24ClN3O2/c21-18-14-16(6-7-19(18)24-12-10-22-11-13-24)8-9-23-20(25)26-15-17-4-2-1-3-5-17/h1-7,14,22H,8-13,15H2,(H,23,25). The summed E-state index contributed by atoms with van der Waals surface area (Å²) in [7, 11) is 0. The lowest BCUT2D eigenvalue weighted by molar-refractivity contribution is 0.140. The third-order valence-corrected chi connectivity index (χ3v) is 4.67. The van der Waals surface area contributed by atoms with Crippen molar-refractivity contribution in [1.29, 1.82) is 0 Å². The fraction of sp³-hybridized carbons (Fsp3) is 0.350. The molecular formula is C20H24ClN3O2. The van der Waals surface area contributed by atoms with Gasteiger partial charge in [0, 0.05) is 32.7 Å². The number of hydrogen-bond acceptors (Lipinski definition) is 4. The molecule has 1 aliphatic rings. The number of nitrogens with zero attached hydrogens (tertiary/aromatic N) is 1. The number of nitrogens with one attached hydrogen (secondary N) is 2. The Bertz CT molecular complexity index is 718. The van der Waals surface area contributed by atoms with Crippen molar-refractivity contribution >= 4 is 23.4 Å². The minimum atomic E-state index is -0.405. The molecule has 0 unspecified atom stereocenters. The van der Waals surface area contributed by atoms with Crippen LogP contribution in [-0.2, 0) is 17.8 Å². The number of carbonyl (C=O) groups excluding carboxylic acids is 1. The first kappa shape index (κ1) is 18.5. The van der Waals surface area contributed by atoms with E-state index in [4.69, 9.17) is 16.3 Å². The molecule has 2 aromatic carbocycles. The molecule has 0 atom stereocenters. The van der Waals surface area contributed by atoms with Crippen molar-refractivity contribution in [2.75, 3.05) is 37.6 Å². The number of ether oxygens (including phenoxy) is 1. The van der Waals surface area contributed by atoms with Crippen molar-refractivity contribution in [3.8, 4) is 0 Å². The molecule has 1 aliphatic heterocycles. The summed E-state index contributed by atoms with van der Waals surface area (Å²) < 4.78 is 5.20. The minimum Gasteiger partial charge on any atom is -0.445 e. The Morgan fingerprint density at radius 3 is 2.62 bits per heavy atom. The summed E-state index contributed by atoms with van der Waals surface area (Å²) in [5.74, 6) is 0. The maximum atomic E-state index is 11.8. The quantitative estimate of drug-likeness (QED) is 0.816. The number of amides is 1. The monoisotopic (exact) mass is 373 g/mol. The zero-order chi connectivity index (χ0) is 18.2. The van der Waals surface area contributed by atoms with Gasteiger partial charge in [-0.1, -0.05) is 48.0 Å². The van der Waals surface area contributed by atoms with Gasteiger partial charge in [-0.2, -0.15) is 0 Å². The largest absolute Gasteiger partial charge is 0.445 e. The molecule has 0 bridgehead atoms. The Balaban J connectivity index is 1.43. The van der Waals surface area contributed by atoms with Crippen LogP contribution in [-0.4, -0.2) is 38.8 Å². The van der Waals surface area contributed by atoms with Gasteiger partial charge in [0.15, 0.2) is 0 Å². The molecule has 1 fully saturated rings. The number of hydrogen-bond donors (Lipinski definition) is 2. The third-order valence-electron chi connectivity index (χ3n) is 4.37. The van der Waals surface area contributed by atoms with E-state index in [1.54, 1.807) is 0 Å². The van der Waals surface area contributed by atoms with Crippen LogP contribution in [0.15, 0.2) is 48.5 Å². The van der Waals surface area contributed by atoms with Crippen molar-refractivity contribution in [3.63, 3.8) is 0 Å². The third kappa shape index (κ3) is 5.38. The smallest absolute Gasteiger partial charge is 0.407 e. The van der Waals surface area contributed by atoms with E-state index in [1.165, 1.54) is 0 Å². The second kappa shape index (κ2) is 9.46. The van der Waals surface area contributed by atoms with E-state index in [1.807, 2.05) is 36.4 Å². The molecule has 6 heteroatoms. The van der Waals surface area contributed by atoms with Gasteiger partial charge in [0.25, 0.3) is 0 Å².